The molecule has 3 fully saturated rings. The Kier molecular flexibility index (Phi) is 1.24. The molecule has 0 aromatic heterocycles. The molecule has 3 aliphatic rings. The zero-order chi connectivity index (χ0) is 6.27. The molecule has 0 amide bonds. The van der Waals surface area contributed by atoms with E-state index in [0.29, 0.717) is 0 Å². The number of fused-ring (bicyclic) bond motifs is 3. The highest BCUT2D eigenvalue weighted by atomic mass is 15.2. The number of piperidine rings is 3. The Morgan fingerprint density at radius 2 is 1.89 bits per heavy atom. The summed E-state index contributed by atoms with van der Waals surface area (Å²) in [6.45, 7) is 4.21. The first-order valence-electron chi connectivity index (χ1n) is 4.03. The van der Waals surface area contributed by atoms with Crippen molar-refractivity contribution >= 4 is 0 Å². The van der Waals surface area contributed by atoms with Crippen LogP contribution in [0.3, 0.4) is 0 Å². The van der Waals surface area contributed by atoms with Crippen molar-refractivity contribution in [2.45, 2.75) is 18.9 Å². The molecule has 4 N–H and O–H groups in total. The van der Waals surface area contributed by atoms with Crippen molar-refractivity contribution in [1.82, 2.24) is 0 Å². The smallest absolute Gasteiger partial charge is 0.137 e. The molecule has 2 nitrogen and oxygen atoms in total. The molecule has 9 heavy (non-hydrogen) atoms. The molecular formula is C7H16N2+2. The summed E-state index contributed by atoms with van der Waals surface area (Å²) in [4.78, 5) is 1.80. The van der Waals surface area contributed by atoms with Crippen molar-refractivity contribution < 1.29 is 10.6 Å². The average molecular weight is 128 g/mol. The Morgan fingerprint density at radius 1 is 1.22 bits per heavy atom. The molecule has 1 atom stereocenters. The SMILES string of the molecule is [NH3+]C1C[NH+]2CCC1CC2. The van der Waals surface area contributed by atoms with Crippen LogP contribution in [0.2, 0.25) is 0 Å². The van der Waals surface area contributed by atoms with Crippen molar-refractivity contribution in [2.24, 2.45) is 5.92 Å². The number of hydrogen-bond acceptors (Lipinski definition) is 0. The molecular weight excluding hydrogens is 112 g/mol. The molecule has 52 valence electrons. The highest BCUT2D eigenvalue weighted by Crippen LogP contribution is 2.14. The molecule has 1 unspecified atom stereocenters. The minimum absolute atomic E-state index is 0.780. The third-order valence-corrected chi connectivity index (χ3v) is 2.95. The van der Waals surface area contributed by atoms with E-state index in [4.69, 9.17) is 0 Å². The maximum atomic E-state index is 4.16. The van der Waals surface area contributed by atoms with Gasteiger partial charge in [-0.25, -0.2) is 0 Å². The molecule has 3 saturated heterocycles. The van der Waals surface area contributed by atoms with Gasteiger partial charge in [0, 0.05) is 18.8 Å². The van der Waals surface area contributed by atoms with Gasteiger partial charge in [-0.3, -0.25) is 0 Å². The first-order chi connectivity index (χ1) is 4.36. The Morgan fingerprint density at radius 3 is 2.11 bits per heavy atom. The standard InChI is InChI=1S/C7H14N2/c8-7-5-9-3-1-6(7)2-4-9/h6-7H,1-5,8H2/p+2. The van der Waals surface area contributed by atoms with E-state index < -0.39 is 0 Å². The maximum absolute atomic E-state index is 4.16. The van der Waals surface area contributed by atoms with E-state index in [-0.39, 0.29) is 0 Å². The third-order valence-electron chi connectivity index (χ3n) is 2.95. The van der Waals surface area contributed by atoms with Crippen molar-refractivity contribution in [3.05, 3.63) is 0 Å². The third kappa shape index (κ3) is 0.864. The second-order valence-electron chi connectivity index (χ2n) is 3.55. The lowest BCUT2D eigenvalue weighted by Gasteiger charge is -2.37. The van der Waals surface area contributed by atoms with Crippen molar-refractivity contribution in [3.8, 4) is 0 Å². The second kappa shape index (κ2) is 1.96. The van der Waals surface area contributed by atoms with Crippen LogP contribution in [0.15, 0.2) is 0 Å². The second-order valence-corrected chi connectivity index (χ2v) is 3.55. The highest BCUT2D eigenvalue weighted by Gasteiger charge is 2.37. The Bertz CT molecular complexity index is 105. The van der Waals surface area contributed by atoms with Crippen LogP contribution in [-0.4, -0.2) is 25.7 Å². The van der Waals surface area contributed by atoms with Crippen LogP contribution < -0.4 is 10.6 Å². The van der Waals surface area contributed by atoms with Crippen LogP contribution in [0.5, 0.6) is 0 Å². The van der Waals surface area contributed by atoms with E-state index in [1.165, 1.54) is 32.5 Å². The molecule has 0 aromatic carbocycles. The molecule has 0 spiro atoms. The van der Waals surface area contributed by atoms with Gasteiger partial charge >= 0.3 is 0 Å². The van der Waals surface area contributed by atoms with E-state index in [1.54, 1.807) is 4.90 Å². The molecule has 2 heteroatoms. The Balaban J connectivity index is 2.06. The predicted octanol–water partition coefficient (Wildman–Crippen LogP) is -2.09. The summed E-state index contributed by atoms with van der Waals surface area (Å²) in [6, 6.07) is 0.780. The van der Waals surface area contributed by atoms with Crippen LogP contribution >= 0.6 is 0 Å². The summed E-state index contributed by atoms with van der Waals surface area (Å²) in [7, 11) is 0. The van der Waals surface area contributed by atoms with Gasteiger partial charge < -0.3 is 10.6 Å². The first kappa shape index (κ1) is 5.69. The molecule has 3 aliphatic heterocycles. The fourth-order valence-electron chi connectivity index (χ4n) is 2.26. The zero-order valence-corrected chi connectivity index (χ0v) is 5.90. The molecule has 0 aromatic rings. The minimum atomic E-state index is 0.780. The van der Waals surface area contributed by atoms with Crippen LogP contribution in [0.4, 0.5) is 0 Å². The first-order valence-corrected chi connectivity index (χ1v) is 4.03. The van der Waals surface area contributed by atoms with Gasteiger partial charge in [0.25, 0.3) is 0 Å². The number of rotatable bonds is 0. The van der Waals surface area contributed by atoms with E-state index in [1.807, 2.05) is 0 Å². The molecule has 0 saturated carbocycles. The fraction of sp³-hybridized carbons (Fsp3) is 1.00. The minimum Gasteiger partial charge on any atom is -0.350 e. The van der Waals surface area contributed by atoms with Crippen molar-refractivity contribution in [3.63, 3.8) is 0 Å². The summed E-state index contributed by atoms with van der Waals surface area (Å²) in [5.41, 5.74) is 4.16. The van der Waals surface area contributed by atoms with Crippen LogP contribution in [0.25, 0.3) is 0 Å². The van der Waals surface area contributed by atoms with E-state index in [2.05, 4.69) is 5.73 Å². The number of hydrogen-bond donors (Lipinski definition) is 2. The fourth-order valence-corrected chi connectivity index (χ4v) is 2.26. The Labute approximate surface area is 56.0 Å². The number of quaternary nitrogens is 2. The largest absolute Gasteiger partial charge is 0.350 e. The van der Waals surface area contributed by atoms with Crippen molar-refractivity contribution in [2.75, 3.05) is 19.6 Å². The normalized spacial score (nSPS) is 49.7. The van der Waals surface area contributed by atoms with E-state index in [9.17, 15) is 0 Å². The quantitative estimate of drug-likeness (QED) is 0.375. The molecule has 3 rings (SSSR count). The maximum Gasteiger partial charge on any atom is 0.137 e. The molecule has 3 heterocycles. The van der Waals surface area contributed by atoms with Crippen LogP contribution in [0, 0.1) is 5.92 Å². The summed E-state index contributed by atoms with van der Waals surface area (Å²) in [6.07, 6.45) is 2.90. The van der Waals surface area contributed by atoms with Gasteiger partial charge in [0.2, 0.25) is 0 Å². The van der Waals surface area contributed by atoms with Gasteiger partial charge in [-0.2, -0.15) is 0 Å². The van der Waals surface area contributed by atoms with E-state index in [0.717, 1.165) is 12.0 Å². The highest BCUT2D eigenvalue weighted by molar-refractivity contribution is 4.73. The molecule has 2 bridgehead atoms. The monoisotopic (exact) mass is 128 g/mol. The summed E-state index contributed by atoms with van der Waals surface area (Å²) in [5.74, 6) is 0.988. The van der Waals surface area contributed by atoms with Gasteiger partial charge in [-0.05, 0) is 0 Å². The van der Waals surface area contributed by atoms with Gasteiger partial charge in [-0.15, -0.1) is 0 Å². The lowest BCUT2D eigenvalue weighted by molar-refractivity contribution is -0.929. The van der Waals surface area contributed by atoms with Crippen molar-refractivity contribution in [1.29, 1.82) is 0 Å². The number of nitrogens with one attached hydrogen (secondary N) is 1. The van der Waals surface area contributed by atoms with Crippen LogP contribution in [0.1, 0.15) is 12.8 Å². The van der Waals surface area contributed by atoms with Gasteiger partial charge in [0.05, 0.1) is 13.1 Å². The predicted molar refractivity (Wildman–Crippen MR) is 35.0 cm³/mol. The lowest BCUT2D eigenvalue weighted by Crippen LogP contribution is -3.18. The zero-order valence-electron chi connectivity index (χ0n) is 5.90. The topological polar surface area (TPSA) is 32.1 Å². The van der Waals surface area contributed by atoms with Gasteiger partial charge in [-0.1, -0.05) is 0 Å². The average Bonchev–Trinajstić information content (AvgIpc) is 1.90. The lowest BCUT2D eigenvalue weighted by atomic mass is 9.85. The summed E-state index contributed by atoms with van der Waals surface area (Å²) in [5, 5.41) is 0. The van der Waals surface area contributed by atoms with Crippen LogP contribution in [-0.2, 0) is 0 Å². The Hall–Kier alpha value is -0.0800. The van der Waals surface area contributed by atoms with Gasteiger partial charge in [0.15, 0.2) is 0 Å². The summed E-state index contributed by atoms with van der Waals surface area (Å²) < 4.78 is 0. The van der Waals surface area contributed by atoms with Gasteiger partial charge in [0.1, 0.15) is 12.6 Å². The van der Waals surface area contributed by atoms with E-state index >= 15 is 0 Å². The molecule has 0 radical (unpaired) electrons. The summed E-state index contributed by atoms with van der Waals surface area (Å²) >= 11 is 0. The molecule has 0 aliphatic carbocycles.